The summed E-state index contributed by atoms with van der Waals surface area (Å²) in [5.74, 6) is 0. The Balaban J connectivity index is 1.24. The van der Waals surface area contributed by atoms with Crippen LogP contribution >= 0.6 is 0 Å². The molecular weight excluding hydrogens is 577 g/mol. The summed E-state index contributed by atoms with van der Waals surface area (Å²) in [6.07, 6.45) is 0. The summed E-state index contributed by atoms with van der Waals surface area (Å²) in [7, 11) is 0. The Hall–Kier alpha value is -6.24. The molecule has 0 fully saturated rings. The van der Waals surface area contributed by atoms with Crippen LogP contribution < -0.4 is 0 Å². The average Bonchev–Trinajstić information content (AvgIpc) is 3.17. The first-order valence-corrected chi connectivity index (χ1v) is 16.7. The standard InChI is InChI=1S/C48H30/c1-3-18-36-31(12-1)14-10-24-38(36)35-17-9-16-33(28-35)34-26-27-44-45(29-34)40-20-5-6-21-41(40)47-30-46(42-22-7-8-23-43(42)48(44)47)39-25-11-15-32-13-2-4-19-37(32)39/h1-30H. The number of benzene rings is 10. The minimum absolute atomic E-state index is 1.22. The van der Waals surface area contributed by atoms with E-state index in [1.807, 2.05) is 0 Å². The van der Waals surface area contributed by atoms with Crippen molar-refractivity contribution in [3.63, 3.8) is 0 Å². The molecule has 0 aliphatic rings. The second kappa shape index (κ2) is 10.7. The molecule has 0 unspecified atom stereocenters. The fraction of sp³-hybridized carbons (Fsp3) is 0. The molecular formula is C48H30. The second-order valence-corrected chi connectivity index (χ2v) is 12.8. The molecule has 0 bridgehead atoms. The second-order valence-electron chi connectivity index (χ2n) is 12.8. The SMILES string of the molecule is c1cc(-c2ccc3c(c2)c2ccccc2c2cc(-c4cccc5ccccc45)c4ccccc4c32)cc(-c2cccc3ccccc23)c1. The van der Waals surface area contributed by atoms with Gasteiger partial charge in [-0.05, 0) is 116 Å². The number of rotatable bonds is 3. The van der Waals surface area contributed by atoms with Gasteiger partial charge in [-0.2, -0.15) is 0 Å². The van der Waals surface area contributed by atoms with Crippen LogP contribution in [-0.2, 0) is 0 Å². The van der Waals surface area contributed by atoms with Gasteiger partial charge in [-0.25, -0.2) is 0 Å². The van der Waals surface area contributed by atoms with E-state index in [-0.39, 0.29) is 0 Å². The topological polar surface area (TPSA) is 0 Å². The van der Waals surface area contributed by atoms with Crippen molar-refractivity contribution >= 4 is 64.6 Å². The minimum atomic E-state index is 1.22. The third-order valence-corrected chi connectivity index (χ3v) is 10.2. The fourth-order valence-corrected chi connectivity index (χ4v) is 8.02. The van der Waals surface area contributed by atoms with Crippen LogP contribution in [0.15, 0.2) is 182 Å². The van der Waals surface area contributed by atoms with Crippen molar-refractivity contribution in [3.05, 3.63) is 182 Å². The van der Waals surface area contributed by atoms with Gasteiger partial charge in [0.2, 0.25) is 0 Å². The smallest absolute Gasteiger partial charge is 0.00199 e. The van der Waals surface area contributed by atoms with Crippen molar-refractivity contribution in [2.75, 3.05) is 0 Å². The molecule has 0 aliphatic carbocycles. The molecule has 0 heterocycles. The van der Waals surface area contributed by atoms with E-state index in [2.05, 4.69) is 182 Å². The monoisotopic (exact) mass is 606 g/mol. The van der Waals surface area contributed by atoms with Crippen LogP contribution in [0.1, 0.15) is 0 Å². The van der Waals surface area contributed by atoms with Crippen molar-refractivity contribution in [1.29, 1.82) is 0 Å². The largest absolute Gasteiger partial charge is 0.0616 e. The quantitative estimate of drug-likeness (QED) is 0.176. The Morgan fingerprint density at radius 2 is 0.708 bits per heavy atom. The van der Waals surface area contributed by atoms with Crippen LogP contribution in [0.3, 0.4) is 0 Å². The summed E-state index contributed by atoms with van der Waals surface area (Å²) in [6, 6.07) is 67.1. The first kappa shape index (κ1) is 26.9. The van der Waals surface area contributed by atoms with Crippen molar-refractivity contribution in [1.82, 2.24) is 0 Å². The number of hydrogen-bond acceptors (Lipinski definition) is 0. The molecule has 0 aromatic heterocycles. The molecule has 10 aromatic rings. The maximum atomic E-state index is 2.45. The summed E-state index contributed by atoms with van der Waals surface area (Å²) in [6.45, 7) is 0. The molecule has 0 spiro atoms. The van der Waals surface area contributed by atoms with E-state index in [1.54, 1.807) is 0 Å². The molecule has 222 valence electrons. The van der Waals surface area contributed by atoms with Crippen LogP contribution in [0, 0.1) is 0 Å². The van der Waals surface area contributed by atoms with Crippen LogP contribution in [0.25, 0.3) is 98.0 Å². The average molecular weight is 607 g/mol. The van der Waals surface area contributed by atoms with E-state index < -0.39 is 0 Å². The van der Waals surface area contributed by atoms with Gasteiger partial charge in [-0.3, -0.25) is 0 Å². The fourth-order valence-electron chi connectivity index (χ4n) is 8.02. The molecule has 48 heavy (non-hydrogen) atoms. The first-order chi connectivity index (χ1) is 23.8. The lowest BCUT2D eigenvalue weighted by Gasteiger charge is -2.18. The van der Waals surface area contributed by atoms with Crippen LogP contribution in [-0.4, -0.2) is 0 Å². The molecule has 10 rings (SSSR count). The summed E-state index contributed by atoms with van der Waals surface area (Å²) in [5.41, 5.74) is 7.51. The lowest BCUT2D eigenvalue weighted by Crippen LogP contribution is -1.90. The molecule has 0 amide bonds. The molecule has 0 saturated carbocycles. The highest BCUT2D eigenvalue weighted by atomic mass is 14.2. The van der Waals surface area contributed by atoms with Gasteiger partial charge in [0.1, 0.15) is 0 Å². The summed E-state index contributed by atoms with van der Waals surface area (Å²) in [4.78, 5) is 0. The van der Waals surface area contributed by atoms with Gasteiger partial charge in [-0.15, -0.1) is 0 Å². The van der Waals surface area contributed by atoms with E-state index in [1.165, 1.54) is 98.0 Å². The van der Waals surface area contributed by atoms with E-state index >= 15 is 0 Å². The van der Waals surface area contributed by atoms with Crippen molar-refractivity contribution < 1.29 is 0 Å². The molecule has 0 N–H and O–H groups in total. The molecule has 0 atom stereocenters. The maximum absolute atomic E-state index is 2.45. The predicted molar refractivity (Wildman–Crippen MR) is 208 cm³/mol. The van der Waals surface area contributed by atoms with Gasteiger partial charge in [-0.1, -0.05) is 164 Å². The van der Waals surface area contributed by atoms with Crippen LogP contribution in [0.5, 0.6) is 0 Å². The summed E-state index contributed by atoms with van der Waals surface area (Å²) < 4.78 is 0. The molecule has 0 heteroatoms. The first-order valence-electron chi connectivity index (χ1n) is 16.7. The number of hydrogen-bond donors (Lipinski definition) is 0. The molecule has 0 aliphatic heterocycles. The molecule has 0 radical (unpaired) electrons. The van der Waals surface area contributed by atoms with E-state index in [4.69, 9.17) is 0 Å². The van der Waals surface area contributed by atoms with Gasteiger partial charge >= 0.3 is 0 Å². The Morgan fingerprint density at radius 3 is 1.46 bits per heavy atom. The Bertz CT molecular complexity index is 2880. The Labute approximate surface area is 279 Å². The van der Waals surface area contributed by atoms with Gasteiger partial charge in [0.05, 0.1) is 0 Å². The number of fused-ring (bicyclic) bond motifs is 10. The molecule has 0 saturated heterocycles. The Kier molecular flexibility index (Phi) is 5.98. The zero-order chi connectivity index (χ0) is 31.6. The predicted octanol–water partition coefficient (Wildman–Crippen LogP) is 13.6. The molecule has 0 nitrogen and oxygen atoms in total. The third kappa shape index (κ3) is 4.10. The van der Waals surface area contributed by atoms with E-state index in [0.717, 1.165) is 0 Å². The summed E-state index contributed by atoms with van der Waals surface area (Å²) in [5, 5.41) is 15.4. The normalized spacial score (nSPS) is 11.8. The highest BCUT2D eigenvalue weighted by Gasteiger charge is 2.17. The van der Waals surface area contributed by atoms with Crippen LogP contribution in [0.2, 0.25) is 0 Å². The van der Waals surface area contributed by atoms with Gasteiger partial charge in [0.25, 0.3) is 0 Å². The Morgan fingerprint density at radius 1 is 0.208 bits per heavy atom. The third-order valence-electron chi connectivity index (χ3n) is 10.2. The maximum Gasteiger partial charge on any atom is -0.00199 e. The van der Waals surface area contributed by atoms with Gasteiger partial charge in [0, 0.05) is 0 Å². The van der Waals surface area contributed by atoms with E-state index in [0.29, 0.717) is 0 Å². The zero-order valence-corrected chi connectivity index (χ0v) is 26.3. The van der Waals surface area contributed by atoms with Crippen LogP contribution in [0.4, 0.5) is 0 Å². The lowest BCUT2D eigenvalue weighted by atomic mass is 9.85. The molecule has 10 aromatic carbocycles. The minimum Gasteiger partial charge on any atom is -0.0616 e. The highest BCUT2D eigenvalue weighted by molar-refractivity contribution is 6.33. The zero-order valence-electron chi connectivity index (χ0n) is 26.3. The lowest BCUT2D eigenvalue weighted by molar-refractivity contribution is 1.62. The van der Waals surface area contributed by atoms with Crippen molar-refractivity contribution in [2.45, 2.75) is 0 Å². The van der Waals surface area contributed by atoms with E-state index in [9.17, 15) is 0 Å². The summed E-state index contributed by atoms with van der Waals surface area (Å²) >= 11 is 0. The van der Waals surface area contributed by atoms with Crippen molar-refractivity contribution in [2.24, 2.45) is 0 Å². The van der Waals surface area contributed by atoms with Gasteiger partial charge in [0.15, 0.2) is 0 Å². The van der Waals surface area contributed by atoms with Gasteiger partial charge < -0.3 is 0 Å². The van der Waals surface area contributed by atoms with Crippen molar-refractivity contribution in [3.8, 4) is 33.4 Å². The highest BCUT2D eigenvalue weighted by Crippen LogP contribution is 2.45.